The molecule has 41 heavy (non-hydrogen) atoms. The van der Waals surface area contributed by atoms with Crippen LogP contribution in [0.5, 0.6) is 0 Å². The lowest BCUT2D eigenvalue weighted by Crippen LogP contribution is -2.51. The maximum absolute atomic E-state index is 12.8. The zero-order valence-corrected chi connectivity index (χ0v) is 23.5. The molecule has 3 unspecified atom stereocenters. The molecule has 3 rings (SSSR count). The maximum Gasteiger partial charge on any atom is 0.407 e. The van der Waals surface area contributed by atoms with Gasteiger partial charge in [-0.25, -0.2) is 9.59 Å². The number of ether oxygens (including phenoxy) is 1. The summed E-state index contributed by atoms with van der Waals surface area (Å²) < 4.78 is 5.41. The number of nitrogens with zero attached hydrogens (tertiary/aromatic N) is 1. The van der Waals surface area contributed by atoms with Crippen molar-refractivity contribution in [3.63, 3.8) is 0 Å². The highest BCUT2D eigenvalue weighted by atomic mass is 16.5. The van der Waals surface area contributed by atoms with Gasteiger partial charge in [-0.15, -0.1) is 0 Å². The number of alkyl carbamates (subject to hydrolysis) is 1. The Morgan fingerprint density at radius 3 is 2.12 bits per heavy atom. The Bertz CT molecular complexity index is 1190. The van der Waals surface area contributed by atoms with Crippen LogP contribution in [0, 0.1) is 5.92 Å². The highest BCUT2D eigenvalue weighted by Crippen LogP contribution is 2.14. The van der Waals surface area contributed by atoms with Crippen molar-refractivity contribution in [2.75, 3.05) is 0 Å². The topological polar surface area (TPSA) is 130 Å². The van der Waals surface area contributed by atoms with Gasteiger partial charge in [0.15, 0.2) is 0 Å². The van der Waals surface area contributed by atoms with Crippen molar-refractivity contribution in [1.29, 1.82) is 0 Å². The smallest absolute Gasteiger partial charge is 0.407 e. The van der Waals surface area contributed by atoms with E-state index in [0.29, 0.717) is 19.3 Å². The fraction of sp³-hybridized carbons (Fsp3) is 0.375. The molecule has 9 nitrogen and oxygen atoms in total. The van der Waals surface area contributed by atoms with Gasteiger partial charge in [0.2, 0.25) is 6.29 Å². The second kappa shape index (κ2) is 16.8. The lowest BCUT2D eigenvalue weighted by atomic mass is 9.94. The molecule has 3 aromatic rings. The summed E-state index contributed by atoms with van der Waals surface area (Å²) in [4.78, 5) is 41.3. The highest BCUT2D eigenvalue weighted by molar-refractivity contribution is 5.78. The second-order valence-corrected chi connectivity index (χ2v) is 10.4. The molecule has 0 bridgehead atoms. The molecule has 217 valence electrons. The zero-order chi connectivity index (χ0) is 29.5. The van der Waals surface area contributed by atoms with Gasteiger partial charge in [0.25, 0.3) is 0 Å². The van der Waals surface area contributed by atoms with E-state index in [-0.39, 0.29) is 18.9 Å². The summed E-state index contributed by atoms with van der Waals surface area (Å²) in [5.74, 6) is 0.194. The van der Waals surface area contributed by atoms with E-state index in [2.05, 4.69) is 20.9 Å². The number of hydrogen-bond donors (Lipinski definition) is 4. The van der Waals surface area contributed by atoms with E-state index in [9.17, 15) is 19.5 Å². The molecule has 9 heteroatoms. The van der Waals surface area contributed by atoms with Crippen LogP contribution in [0.25, 0.3) is 0 Å². The van der Waals surface area contributed by atoms with E-state index in [4.69, 9.17) is 4.74 Å². The molecule has 0 saturated carbocycles. The van der Waals surface area contributed by atoms with Crippen LogP contribution in [0.15, 0.2) is 85.1 Å². The van der Waals surface area contributed by atoms with Gasteiger partial charge in [-0.2, -0.15) is 0 Å². The van der Waals surface area contributed by atoms with Crippen LogP contribution in [0.4, 0.5) is 9.59 Å². The monoisotopic (exact) mass is 559 g/mol. The number of pyridine rings is 1. The Balaban J connectivity index is 1.72. The summed E-state index contributed by atoms with van der Waals surface area (Å²) in [6.45, 7) is 4.00. The first-order valence-electron chi connectivity index (χ1n) is 13.9. The summed E-state index contributed by atoms with van der Waals surface area (Å²) >= 11 is 0. The van der Waals surface area contributed by atoms with Crippen molar-refractivity contribution in [3.8, 4) is 0 Å². The number of carbonyl (C=O) groups is 2. The predicted molar refractivity (Wildman–Crippen MR) is 157 cm³/mol. The molecule has 0 aliphatic carbocycles. The molecule has 0 spiro atoms. The largest absolute Gasteiger partial charge is 0.445 e. The second-order valence-electron chi connectivity index (χ2n) is 10.4. The number of amides is 3. The van der Waals surface area contributed by atoms with Crippen LogP contribution in [0.1, 0.15) is 43.5 Å². The molecule has 4 atom stereocenters. The van der Waals surface area contributed by atoms with Crippen LogP contribution >= 0.6 is 0 Å². The maximum atomic E-state index is 12.8. The van der Waals surface area contributed by atoms with Gasteiger partial charge >= 0.3 is 12.1 Å². The molecule has 0 aliphatic heterocycles. The summed E-state index contributed by atoms with van der Waals surface area (Å²) in [5.41, 5.74) is 2.49. The number of urea groups is 1. The SMILES string of the molecule is CC(C)C[C@@H]([C]=O)NC(=O)NC(Cc1ccccn1)CC(O)C(Cc1ccccc1)NC(=O)OCc1ccccc1. The quantitative estimate of drug-likeness (QED) is 0.222. The minimum atomic E-state index is -1.04. The Hall–Kier alpha value is -4.24. The zero-order valence-electron chi connectivity index (χ0n) is 23.5. The van der Waals surface area contributed by atoms with Crippen LogP contribution in [-0.4, -0.2) is 52.7 Å². The van der Waals surface area contributed by atoms with Gasteiger partial charge in [-0.05, 0) is 48.4 Å². The number of hydrogen-bond acceptors (Lipinski definition) is 6. The summed E-state index contributed by atoms with van der Waals surface area (Å²) in [5, 5.41) is 19.7. The van der Waals surface area contributed by atoms with Crippen LogP contribution in [0.3, 0.4) is 0 Å². The molecule has 3 amide bonds. The first kappa shape index (κ1) is 31.3. The molecule has 1 aromatic heterocycles. The normalized spacial score (nSPS) is 13.9. The summed E-state index contributed by atoms with van der Waals surface area (Å²) in [6, 6.07) is 21.8. The van der Waals surface area contributed by atoms with Gasteiger partial charge in [0, 0.05) is 24.4 Å². The van der Waals surface area contributed by atoms with Crippen LogP contribution in [-0.2, 0) is 29.0 Å². The fourth-order valence-corrected chi connectivity index (χ4v) is 4.48. The fourth-order valence-electron chi connectivity index (χ4n) is 4.48. The Morgan fingerprint density at radius 2 is 1.51 bits per heavy atom. The molecule has 4 N–H and O–H groups in total. The molecular formula is C32H39N4O5. The first-order valence-corrected chi connectivity index (χ1v) is 13.9. The van der Waals surface area contributed by atoms with Gasteiger partial charge in [-0.1, -0.05) is 80.6 Å². The minimum absolute atomic E-state index is 0.0934. The van der Waals surface area contributed by atoms with E-state index in [1.54, 1.807) is 12.3 Å². The van der Waals surface area contributed by atoms with Crippen molar-refractivity contribution < 1.29 is 24.2 Å². The Morgan fingerprint density at radius 1 is 0.854 bits per heavy atom. The molecule has 0 fully saturated rings. The van der Waals surface area contributed by atoms with Gasteiger partial charge in [0.1, 0.15) is 6.61 Å². The van der Waals surface area contributed by atoms with Crippen molar-refractivity contribution in [2.24, 2.45) is 5.92 Å². The van der Waals surface area contributed by atoms with E-state index in [1.807, 2.05) is 92.9 Å². The van der Waals surface area contributed by atoms with E-state index in [0.717, 1.165) is 16.8 Å². The molecular weight excluding hydrogens is 520 g/mol. The average molecular weight is 560 g/mol. The van der Waals surface area contributed by atoms with E-state index < -0.39 is 36.4 Å². The predicted octanol–water partition coefficient (Wildman–Crippen LogP) is 4.11. The highest BCUT2D eigenvalue weighted by Gasteiger charge is 2.27. The van der Waals surface area contributed by atoms with Crippen LogP contribution in [0.2, 0.25) is 0 Å². The van der Waals surface area contributed by atoms with Gasteiger partial charge in [-0.3, -0.25) is 9.78 Å². The third-order valence-electron chi connectivity index (χ3n) is 6.48. The first-order chi connectivity index (χ1) is 19.8. The average Bonchev–Trinajstić information content (AvgIpc) is 2.96. The third-order valence-corrected chi connectivity index (χ3v) is 6.48. The van der Waals surface area contributed by atoms with E-state index in [1.165, 1.54) is 0 Å². The van der Waals surface area contributed by atoms with Crippen molar-refractivity contribution in [1.82, 2.24) is 20.9 Å². The summed E-state index contributed by atoms with van der Waals surface area (Å²) in [7, 11) is 0. The third kappa shape index (κ3) is 11.8. The van der Waals surface area contributed by atoms with Crippen molar-refractivity contribution in [2.45, 2.75) is 70.4 Å². The molecule has 0 aliphatic rings. The van der Waals surface area contributed by atoms with Gasteiger partial charge in [0.05, 0.1) is 18.2 Å². The lowest BCUT2D eigenvalue weighted by Gasteiger charge is -2.28. The number of aromatic nitrogens is 1. The molecule has 1 radical (unpaired) electrons. The number of nitrogens with one attached hydrogen (secondary N) is 3. The minimum Gasteiger partial charge on any atom is -0.445 e. The van der Waals surface area contributed by atoms with Gasteiger partial charge < -0.3 is 25.8 Å². The van der Waals surface area contributed by atoms with E-state index >= 15 is 0 Å². The van der Waals surface area contributed by atoms with Crippen LogP contribution < -0.4 is 16.0 Å². The molecule has 2 aromatic carbocycles. The number of aliphatic hydroxyl groups excluding tert-OH is 1. The number of rotatable bonds is 15. The lowest BCUT2D eigenvalue weighted by molar-refractivity contribution is 0.0898. The Labute approximate surface area is 241 Å². The molecule has 1 heterocycles. The molecule has 0 saturated heterocycles. The number of carbonyl (C=O) groups excluding carboxylic acids is 3. The Kier molecular flexibility index (Phi) is 12.8. The van der Waals surface area contributed by atoms with Crippen molar-refractivity contribution >= 4 is 18.4 Å². The summed E-state index contributed by atoms with van der Waals surface area (Å²) in [6.07, 6.45) is 3.09. The number of aliphatic hydroxyl groups is 1. The number of benzene rings is 2. The van der Waals surface area contributed by atoms with Crippen molar-refractivity contribution in [3.05, 3.63) is 102 Å². The standard InChI is InChI=1S/C32H39N4O5/c1-23(2)17-28(21-37)35-31(39)34-27(19-26-15-9-10-16-33-26)20-30(38)29(18-24-11-5-3-6-12-24)36-32(40)41-22-25-13-7-4-8-14-25/h3-16,23,27-30,38H,17-20,22H2,1-2H3,(H,36,40)(H2,34,35,39)/t27?,28-,29?,30?/m0/s1.